The van der Waals surface area contributed by atoms with E-state index in [-0.39, 0.29) is 0 Å². The molecule has 2 heterocycles. The largest absolute Gasteiger partial charge is 0.454 e. The van der Waals surface area contributed by atoms with Gasteiger partial charge >= 0.3 is 0 Å². The normalized spacial score (nSPS) is 17.8. The van der Waals surface area contributed by atoms with Crippen molar-refractivity contribution in [3.05, 3.63) is 89.1 Å². The van der Waals surface area contributed by atoms with Crippen molar-refractivity contribution in [1.29, 1.82) is 5.26 Å². The first-order chi connectivity index (χ1) is 19.2. The Morgan fingerprint density at radius 3 is 2.17 bits per heavy atom. The van der Waals surface area contributed by atoms with E-state index in [2.05, 4.69) is 101 Å². The first-order valence-corrected chi connectivity index (χ1v) is 14.6. The molecule has 3 nitrogen and oxygen atoms in total. The van der Waals surface area contributed by atoms with E-state index >= 15 is 0 Å². The molecule has 3 aromatic carbocycles. The topological polar surface area (TPSA) is 40.8 Å². The number of rotatable bonds is 3. The zero-order chi connectivity index (χ0) is 28.2. The number of furan rings is 1. The standard InChI is InChI=1S/C37H39N2O/c1-23-10-17-30-31-19-14-27(22-38)34(36(31)40-35(30)33(23)32-9-7-8-20-39(32)6)26-13-18-29(24(2)21-26)25-11-15-28(16-12-25)37(3,4)5/h7-10,13-14,17-21,25,28H,11-12,15-16H2,1-6H3/q+1. The molecule has 40 heavy (non-hydrogen) atoms. The van der Waals surface area contributed by atoms with Crippen molar-refractivity contribution in [1.82, 2.24) is 0 Å². The molecule has 1 saturated carbocycles. The van der Waals surface area contributed by atoms with Crippen LogP contribution in [0.1, 0.15) is 74.6 Å². The molecule has 3 heteroatoms. The van der Waals surface area contributed by atoms with Gasteiger partial charge in [-0.15, -0.1) is 0 Å². The molecule has 1 aliphatic rings. The highest BCUT2D eigenvalue weighted by Crippen LogP contribution is 2.45. The molecule has 1 fully saturated rings. The minimum atomic E-state index is 0.388. The molecule has 202 valence electrons. The van der Waals surface area contributed by atoms with Crippen molar-refractivity contribution in [2.45, 2.75) is 66.2 Å². The molecule has 0 amide bonds. The molecule has 5 aromatic rings. The average Bonchev–Trinajstić information content (AvgIpc) is 3.31. The summed E-state index contributed by atoms with van der Waals surface area (Å²) in [6.45, 7) is 11.5. The summed E-state index contributed by atoms with van der Waals surface area (Å²) in [6.07, 6.45) is 7.17. The Kier molecular flexibility index (Phi) is 6.54. The lowest BCUT2D eigenvalue weighted by molar-refractivity contribution is -0.660. The maximum Gasteiger partial charge on any atom is 0.216 e. The van der Waals surface area contributed by atoms with Gasteiger partial charge in [-0.25, -0.2) is 4.57 Å². The summed E-state index contributed by atoms with van der Waals surface area (Å²) in [4.78, 5) is 0. The van der Waals surface area contributed by atoms with Gasteiger partial charge < -0.3 is 4.42 Å². The molecular weight excluding hydrogens is 488 g/mol. The number of hydrogen-bond acceptors (Lipinski definition) is 2. The second kappa shape index (κ2) is 9.93. The summed E-state index contributed by atoms with van der Waals surface area (Å²) in [5, 5.41) is 12.3. The van der Waals surface area contributed by atoms with Gasteiger partial charge in [-0.1, -0.05) is 51.1 Å². The van der Waals surface area contributed by atoms with Crippen LogP contribution in [-0.4, -0.2) is 0 Å². The van der Waals surface area contributed by atoms with Gasteiger partial charge in [0.15, 0.2) is 6.20 Å². The molecule has 0 bridgehead atoms. The van der Waals surface area contributed by atoms with E-state index in [0.717, 1.165) is 55.8 Å². The summed E-state index contributed by atoms with van der Waals surface area (Å²) in [5.41, 5.74) is 10.8. The molecule has 2 aromatic heterocycles. The Labute approximate surface area is 238 Å². The molecule has 0 spiro atoms. The van der Waals surface area contributed by atoms with Crippen LogP contribution in [0.15, 0.2) is 71.3 Å². The SMILES string of the molecule is Cc1cc(-c2c(C#N)ccc3c2oc2c(-c4cccc[n+]4C)c(C)ccc23)ccc1C1CCC(C(C)(C)C)CC1. The Bertz CT molecular complexity index is 1790. The lowest BCUT2D eigenvalue weighted by Crippen LogP contribution is -2.30. The smallest absolute Gasteiger partial charge is 0.216 e. The number of fused-ring (bicyclic) bond motifs is 3. The predicted molar refractivity (Wildman–Crippen MR) is 164 cm³/mol. The number of aryl methyl sites for hydroxylation is 3. The van der Waals surface area contributed by atoms with Crippen LogP contribution in [0.2, 0.25) is 0 Å². The minimum absolute atomic E-state index is 0.388. The van der Waals surface area contributed by atoms with Gasteiger partial charge in [0, 0.05) is 28.5 Å². The van der Waals surface area contributed by atoms with Crippen LogP contribution in [0.25, 0.3) is 44.3 Å². The van der Waals surface area contributed by atoms with Gasteiger partial charge in [0.1, 0.15) is 18.2 Å². The van der Waals surface area contributed by atoms with Crippen LogP contribution in [0, 0.1) is 36.5 Å². The molecule has 0 radical (unpaired) electrons. The fourth-order valence-corrected chi connectivity index (χ4v) is 7.04. The van der Waals surface area contributed by atoms with Crippen molar-refractivity contribution in [2.24, 2.45) is 18.4 Å². The molecular formula is C37H39N2O+. The Morgan fingerprint density at radius 2 is 1.52 bits per heavy atom. The number of nitrogens with zero attached hydrogens (tertiary/aromatic N) is 2. The fourth-order valence-electron chi connectivity index (χ4n) is 7.04. The summed E-state index contributed by atoms with van der Waals surface area (Å²) < 4.78 is 8.90. The quantitative estimate of drug-likeness (QED) is 0.219. The predicted octanol–water partition coefficient (Wildman–Crippen LogP) is 9.55. The van der Waals surface area contributed by atoms with E-state index < -0.39 is 0 Å². The fraction of sp³-hybridized carbons (Fsp3) is 0.351. The van der Waals surface area contributed by atoms with E-state index in [9.17, 15) is 5.26 Å². The number of pyridine rings is 1. The molecule has 6 rings (SSSR count). The second-order valence-electron chi connectivity index (χ2n) is 12.9. The van der Waals surface area contributed by atoms with E-state index in [4.69, 9.17) is 4.42 Å². The van der Waals surface area contributed by atoms with Crippen LogP contribution >= 0.6 is 0 Å². The zero-order valence-corrected chi connectivity index (χ0v) is 24.6. The summed E-state index contributed by atoms with van der Waals surface area (Å²) in [6, 6.07) is 23.8. The first-order valence-electron chi connectivity index (χ1n) is 14.6. The first kappa shape index (κ1) is 26.3. The Morgan fingerprint density at radius 1 is 0.825 bits per heavy atom. The third-order valence-corrected chi connectivity index (χ3v) is 9.40. The van der Waals surface area contributed by atoms with Crippen molar-refractivity contribution in [3.8, 4) is 28.5 Å². The van der Waals surface area contributed by atoms with Gasteiger partial charge in [-0.2, -0.15) is 5.26 Å². The summed E-state index contributed by atoms with van der Waals surface area (Å²) in [7, 11) is 2.06. The maximum atomic E-state index is 10.2. The zero-order valence-electron chi connectivity index (χ0n) is 24.6. The molecule has 0 unspecified atom stereocenters. The van der Waals surface area contributed by atoms with Crippen molar-refractivity contribution in [2.75, 3.05) is 0 Å². The molecule has 0 atom stereocenters. The van der Waals surface area contributed by atoms with Crippen molar-refractivity contribution >= 4 is 21.9 Å². The highest BCUT2D eigenvalue weighted by atomic mass is 16.3. The number of nitriles is 1. The number of aromatic nitrogens is 1. The van der Waals surface area contributed by atoms with E-state index in [1.165, 1.54) is 36.8 Å². The van der Waals surface area contributed by atoms with Crippen LogP contribution < -0.4 is 4.57 Å². The lowest BCUT2D eigenvalue weighted by Gasteiger charge is -2.37. The average molecular weight is 528 g/mol. The Balaban J connectivity index is 1.47. The van der Waals surface area contributed by atoms with Gasteiger partial charge in [-0.3, -0.25) is 0 Å². The van der Waals surface area contributed by atoms with Gasteiger partial charge in [-0.05, 0) is 97.2 Å². The van der Waals surface area contributed by atoms with E-state index in [1.807, 2.05) is 18.2 Å². The van der Waals surface area contributed by atoms with E-state index in [1.54, 1.807) is 0 Å². The minimum Gasteiger partial charge on any atom is -0.454 e. The number of hydrogen-bond donors (Lipinski definition) is 0. The summed E-state index contributed by atoms with van der Waals surface area (Å²) >= 11 is 0. The van der Waals surface area contributed by atoms with Crippen LogP contribution in [0.5, 0.6) is 0 Å². The van der Waals surface area contributed by atoms with Gasteiger partial charge in [0.25, 0.3) is 0 Å². The second-order valence-corrected chi connectivity index (χ2v) is 12.9. The van der Waals surface area contributed by atoms with Crippen LogP contribution in [0.4, 0.5) is 0 Å². The highest BCUT2D eigenvalue weighted by molar-refractivity contribution is 6.14. The maximum absolute atomic E-state index is 10.2. The van der Waals surface area contributed by atoms with Crippen LogP contribution in [0.3, 0.4) is 0 Å². The van der Waals surface area contributed by atoms with Gasteiger partial charge in [0.2, 0.25) is 5.69 Å². The lowest BCUT2D eigenvalue weighted by atomic mass is 9.68. The van der Waals surface area contributed by atoms with Crippen molar-refractivity contribution < 1.29 is 8.98 Å². The Hall–Kier alpha value is -3.90. The highest BCUT2D eigenvalue weighted by Gasteiger charge is 2.31. The van der Waals surface area contributed by atoms with Gasteiger partial charge in [0.05, 0.1) is 17.2 Å². The molecule has 0 aliphatic heterocycles. The van der Waals surface area contributed by atoms with Crippen LogP contribution in [-0.2, 0) is 7.05 Å². The third-order valence-electron chi connectivity index (χ3n) is 9.40. The molecule has 0 saturated heterocycles. The molecule has 0 N–H and O–H groups in total. The van der Waals surface area contributed by atoms with E-state index in [0.29, 0.717) is 16.9 Å². The third kappa shape index (κ3) is 4.40. The van der Waals surface area contributed by atoms with Crippen molar-refractivity contribution in [3.63, 3.8) is 0 Å². The monoisotopic (exact) mass is 527 g/mol. The molecule has 1 aliphatic carbocycles. The number of benzene rings is 3. The summed E-state index contributed by atoms with van der Waals surface area (Å²) in [5.74, 6) is 1.42.